The largest absolute Gasteiger partial charge is 0.465 e. The third kappa shape index (κ3) is 7.04. The van der Waals surface area contributed by atoms with Gasteiger partial charge in [0.25, 0.3) is 0 Å². The van der Waals surface area contributed by atoms with Crippen molar-refractivity contribution < 1.29 is 19.1 Å². The summed E-state index contributed by atoms with van der Waals surface area (Å²) in [6.07, 6.45) is 20.3. The third-order valence-electron chi connectivity index (χ3n) is 10.5. The van der Waals surface area contributed by atoms with E-state index in [1.807, 2.05) is 0 Å². The van der Waals surface area contributed by atoms with Crippen molar-refractivity contribution in [3.63, 3.8) is 0 Å². The average Bonchev–Trinajstić information content (AvgIpc) is 2.91. The molecule has 0 aromatic carbocycles. The molecule has 0 aromatic rings. The maximum Gasteiger partial charge on any atom is 0.309 e. The van der Waals surface area contributed by atoms with E-state index in [4.69, 9.17) is 9.47 Å². The quantitative estimate of drug-likeness (QED) is 0.295. The van der Waals surface area contributed by atoms with Crippen molar-refractivity contribution in [1.82, 2.24) is 0 Å². The van der Waals surface area contributed by atoms with Crippen LogP contribution in [0.5, 0.6) is 0 Å². The molecule has 4 heteroatoms. The van der Waals surface area contributed by atoms with Gasteiger partial charge in [-0.15, -0.1) is 0 Å². The molecular weight excluding hydrogens is 436 g/mol. The summed E-state index contributed by atoms with van der Waals surface area (Å²) in [5, 5.41) is 0. The second-order valence-electron chi connectivity index (χ2n) is 12.5. The van der Waals surface area contributed by atoms with E-state index in [0.29, 0.717) is 36.9 Å². The van der Waals surface area contributed by atoms with Gasteiger partial charge in [0.1, 0.15) is 0 Å². The zero-order valence-electron chi connectivity index (χ0n) is 22.7. The molecule has 4 aliphatic carbocycles. The molecule has 0 N–H and O–H groups in total. The molecule has 0 aliphatic heterocycles. The topological polar surface area (TPSA) is 52.6 Å². The minimum absolute atomic E-state index is 0.0684. The molecule has 4 nitrogen and oxygen atoms in total. The van der Waals surface area contributed by atoms with Crippen molar-refractivity contribution in [2.24, 2.45) is 47.3 Å². The van der Waals surface area contributed by atoms with E-state index in [1.54, 1.807) is 0 Å². The lowest BCUT2D eigenvalue weighted by Crippen LogP contribution is -2.37. The van der Waals surface area contributed by atoms with Gasteiger partial charge >= 0.3 is 11.9 Å². The zero-order chi connectivity index (χ0) is 24.6. The first-order valence-corrected chi connectivity index (χ1v) is 15.4. The molecule has 200 valence electrons. The van der Waals surface area contributed by atoms with Crippen molar-refractivity contribution in [2.45, 2.75) is 123 Å². The maximum atomic E-state index is 13.0. The second-order valence-corrected chi connectivity index (χ2v) is 12.5. The van der Waals surface area contributed by atoms with Crippen LogP contribution in [0.25, 0.3) is 0 Å². The number of ether oxygens (including phenoxy) is 2. The third-order valence-corrected chi connectivity index (χ3v) is 10.5. The molecule has 8 atom stereocenters. The van der Waals surface area contributed by atoms with Crippen molar-refractivity contribution in [2.75, 3.05) is 13.2 Å². The second kappa shape index (κ2) is 13.5. The number of hydrogen-bond acceptors (Lipinski definition) is 4. The van der Waals surface area contributed by atoms with Gasteiger partial charge in [-0.2, -0.15) is 0 Å². The summed E-state index contributed by atoms with van der Waals surface area (Å²) in [5.41, 5.74) is 0. The van der Waals surface area contributed by atoms with Gasteiger partial charge in [-0.05, 0) is 67.6 Å². The van der Waals surface area contributed by atoms with E-state index in [0.717, 1.165) is 43.9 Å². The van der Waals surface area contributed by atoms with E-state index in [1.165, 1.54) is 77.0 Å². The summed E-state index contributed by atoms with van der Waals surface area (Å²) in [5.74, 6) is 3.75. The Morgan fingerprint density at radius 1 is 0.600 bits per heavy atom. The summed E-state index contributed by atoms with van der Waals surface area (Å²) < 4.78 is 11.9. The highest BCUT2D eigenvalue weighted by Crippen LogP contribution is 2.45. The number of carbonyl (C=O) groups excluding carboxylic acids is 2. The van der Waals surface area contributed by atoms with Crippen LogP contribution in [-0.4, -0.2) is 25.2 Å². The molecule has 0 heterocycles. The monoisotopic (exact) mass is 488 g/mol. The van der Waals surface area contributed by atoms with E-state index in [2.05, 4.69) is 13.8 Å². The van der Waals surface area contributed by atoms with E-state index < -0.39 is 0 Å². The average molecular weight is 489 g/mol. The number of fused-ring (bicyclic) bond motifs is 2. The first kappa shape index (κ1) is 27.0. The van der Waals surface area contributed by atoms with Crippen LogP contribution < -0.4 is 0 Å². The van der Waals surface area contributed by atoms with Crippen molar-refractivity contribution in [1.29, 1.82) is 0 Å². The van der Waals surface area contributed by atoms with Gasteiger partial charge in [0.15, 0.2) is 0 Å². The molecule has 4 fully saturated rings. The van der Waals surface area contributed by atoms with Gasteiger partial charge in [0.05, 0.1) is 25.0 Å². The van der Waals surface area contributed by atoms with E-state index in [-0.39, 0.29) is 23.8 Å². The minimum Gasteiger partial charge on any atom is -0.465 e. The molecule has 0 saturated heterocycles. The lowest BCUT2D eigenvalue weighted by molar-refractivity contribution is -0.156. The van der Waals surface area contributed by atoms with Crippen molar-refractivity contribution in [3.05, 3.63) is 0 Å². The predicted molar refractivity (Wildman–Crippen MR) is 140 cm³/mol. The van der Waals surface area contributed by atoms with Gasteiger partial charge in [-0.3, -0.25) is 9.59 Å². The van der Waals surface area contributed by atoms with Gasteiger partial charge in [0, 0.05) is 0 Å². The molecule has 0 radical (unpaired) electrons. The van der Waals surface area contributed by atoms with Crippen molar-refractivity contribution in [3.8, 4) is 0 Å². The summed E-state index contributed by atoms with van der Waals surface area (Å²) in [6, 6.07) is 0. The maximum absolute atomic E-state index is 13.0. The minimum atomic E-state index is 0.0684. The number of esters is 2. The van der Waals surface area contributed by atoms with E-state index in [9.17, 15) is 9.59 Å². The zero-order valence-corrected chi connectivity index (χ0v) is 22.7. The molecule has 4 aliphatic rings. The van der Waals surface area contributed by atoms with Crippen LogP contribution in [-0.2, 0) is 19.1 Å². The molecule has 35 heavy (non-hydrogen) atoms. The van der Waals surface area contributed by atoms with Gasteiger partial charge in [-0.1, -0.05) is 90.9 Å². The van der Waals surface area contributed by atoms with Crippen LogP contribution in [0, 0.1) is 47.3 Å². The fourth-order valence-electron chi connectivity index (χ4n) is 8.25. The first-order chi connectivity index (χ1) is 17.1. The highest BCUT2D eigenvalue weighted by molar-refractivity contribution is 5.73. The van der Waals surface area contributed by atoms with E-state index >= 15 is 0 Å². The Morgan fingerprint density at radius 3 is 1.43 bits per heavy atom. The SMILES string of the molecule is CCC(COC(=O)C1CCCC2CCCCC21)CC(CC)COC(=O)C1CCCC2CCCCC21. The highest BCUT2D eigenvalue weighted by Gasteiger charge is 2.40. The van der Waals surface area contributed by atoms with Crippen LogP contribution in [0.3, 0.4) is 0 Å². The molecule has 0 aromatic heterocycles. The van der Waals surface area contributed by atoms with Crippen LogP contribution in [0.1, 0.15) is 123 Å². The summed E-state index contributed by atoms with van der Waals surface area (Å²) in [4.78, 5) is 26.1. The molecule has 4 rings (SSSR count). The molecule has 0 amide bonds. The summed E-state index contributed by atoms with van der Waals surface area (Å²) >= 11 is 0. The lowest BCUT2D eigenvalue weighted by Gasteiger charge is -2.40. The highest BCUT2D eigenvalue weighted by atomic mass is 16.5. The number of carbonyl (C=O) groups is 2. The molecule has 8 unspecified atom stereocenters. The fourth-order valence-corrected chi connectivity index (χ4v) is 8.25. The summed E-state index contributed by atoms with van der Waals surface area (Å²) in [6.45, 7) is 5.45. The normalized spacial score (nSPS) is 34.7. The Bertz CT molecular complexity index is 615. The smallest absolute Gasteiger partial charge is 0.309 e. The Hall–Kier alpha value is -1.06. The first-order valence-electron chi connectivity index (χ1n) is 15.4. The Labute approximate surface area is 214 Å². The van der Waals surface area contributed by atoms with Crippen molar-refractivity contribution >= 4 is 11.9 Å². The summed E-state index contributed by atoms with van der Waals surface area (Å²) in [7, 11) is 0. The van der Waals surface area contributed by atoms with Crippen LogP contribution >= 0.6 is 0 Å². The Morgan fingerprint density at radius 2 is 1.00 bits per heavy atom. The standard InChI is InChI=1S/C31H52O4/c1-3-22(20-34-30(32)28-17-9-13-24-11-5-7-15-26(24)28)19-23(4-2)21-35-31(33)29-18-10-14-25-12-6-8-16-27(25)29/h22-29H,3-21H2,1-2H3. The lowest BCUT2D eigenvalue weighted by atomic mass is 9.65. The van der Waals surface area contributed by atoms with Gasteiger partial charge < -0.3 is 9.47 Å². The Balaban J connectivity index is 1.22. The van der Waals surface area contributed by atoms with Crippen LogP contribution in [0.2, 0.25) is 0 Å². The molecule has 0 spiro atoms. The molecular formula is C31H52O4. The Kier molecular flexibility index (Phi) is 10.4. The molecule has 4 saturated carbocycles. The van der Waals surface area contributed by atoms with Gasteiger partial charge in [-0.25, -0.2) is 0 Å². The number of hydrogen-bond donors (Lipinski definition) is 0. The predicted octanol–water partition coefficient (Wildman–Crippen LogP) is 7.73. The number of rotatable bonds is 10. The van der Waals surface area contributed by atoms with Crippen LogP contribution in [0.15, 0.2) is 0 Å². The molecule has 0 bridgehead atoms. The van der Waals surface area contributed by atoms with Gasteiger partial charge in [0.2, 0.25) is 0 Å². The fraction of sp³-hybridized carbons (Fsp3) is 0.935. The van der Waals surface area contributed by atoms with Crippen LogP contribution in [0.4, 0.5) is 0 Å².